The van der Waals surface area contributed by atoms with Crippen molar-refractivity contribution in [3.63, 3.8) is 0 Å². The Balaban J connectivity index is 1.30. The molecule has 0 aliphatic carbocycles. The van der Waals surface area contributed by atoms with E-state index in [9.17, 15) is 23.1 Å². The zero-order valence-corrected chi connectivity index (χ0v) is 24.7. The fraction of sp³-hybridized carbons (Fsp3) is 0.655. The van der Waals surface area contributed by atoms with Crippen LogP contribution in [0.5, 0.6) is 0 Å². The number of halogens is 3. The summed E-state index contributed by atoms with van der Waals surface area (Å²) in [5.74, 6) is 0.594. The predicted octanol–water partition coefficient (Wildman–Crippen LogP) is 3.89. The molecule has 9 nitrogen and oxygen atoms in total. The lowest BCUT2D eigenvalue weighted by molar-refractivity contribution is -0.139. The first-order valence-electron chi connectivity index (χ1n) is 14.9. The second kappa shape index (κ2) is 14.0. The molecule has 1 aromatic heterocycles. The topological polar surface area (TPSA) is 106 Å². The number of carboxylic acid groups (broad SMARTS) is 1. The summed E-state index contributed by atoms with van der Waals surface area (Å²) in [7, 11) is 0. The summed E-state index contributed by atoms with van der Waals surface area (Å²) in [5, 5.41) is 30.6. The second-order valence-electron chi connectivity index (χ2n) is 11.5. The third kappa shape index (κ3) is 7.98. The number of piperidine rings is 2. The Morgan fingerprint density at radius 2 is 1.88 bits per heavy atom. The van der Waals surface area contributed by atoms with Crippen molar-refractivity contribution in [2.45, 2.75) is 74.8 Å². The predicted molar refractivity (Wildman–Crippen MR) is 156 cm³/mol. The third-order valence-electron chi connectivity index (χ3n) is 8.45. The Bertz CT molecular complexity index is 1210. The van der Waals surface area contributed by atoms with Gasteiger partial charge in [-0.1, -0.05) is 12.5 Å². The standard InChI is InChI=1S/C29H41F3N6O3S/c30-29(31,32)24-5-4-20(16-26(24)42-15-14-36-10-2-1-3-11-36)27-23-17-33-9-6-25(23)38(35-27)19-22(39)18-37-12-7-21(8-13-37)34-28(40)41/h4-5,16,21-22,33-34,39H,1-3,6-15,17-19H2,(H,40,41). The molecule has 1 amide bonds. The highest BCUT2D eigenvalue weighted by molar-refractivity contribution is 7.99. The lowest BCUT2D eigenvalue weighted by Gasteiger charge is -2.33. The molecule has 0 saturated carbocycles. The van der Waals surface area contributed by atoms with Crippen LogP contribution in [0.25, 0.3) is 11.3 Å². The Morgan fingerprint density at radius 1 is 1.12 bits per heavy atom. The van der Waals surface area contributed by atoms with Gasteiger partial charge in [-0.25, -0.2) is 4.79 Å². The van der Waals surface area contributed by atoms with Gasteiger partial charge in [0, 0.05) is 79.2 Å². The van der Waals surface area contributed by atoms with Crippen molar-refractivity contribution in [2.24, 2.45) is 0 Å². The molecular weight excluding hydrogens is 569 g/mol. The summed E-state index contributed by atoms with van der Waals surface area (Å²) in [4.78, 5) is 15.6. The van der Waals surface area contributed by atoms with Gasteiger partial charge in [0.2, 0.25) is 0 Å². The number of aromatic nitrogens is 2. The van der Waals surface area contributed by atoms with Gasteiger partial charge in [-0.05, 0) is 50.9 Å². The number of alkyl halides is 3. The van der Waals surface area contributed by atoms with Gasteiger partial charge in [0.05, 0.1) is 23.9 Å². The minimum atomic E-state index is -4.44. The Labute approximate surface area is 248 Å². The number of aliphatic hydroxyl groups excluding tert-OH is 1. The van der Waals surface area contributed by atoms with Gasteiger partial charge in [-0.3, -0.25) is 4.68 Å². The Morgan fingerprint density at radius 3 is 2.60 bits per heavy atom. The van der Waals surface area contributed by atoms with E-state index in [1.807, 2.05) is 4.68 Å². The minimum absolute atomic E-state index is 0.0688. The molecule has 2 fully saturated rings. The molecule has 1 aromatic carbocycles. The highest BCUT2D eigenvalue weighted by Gasteiger charge is 2.34. The van der Waals surface area contributed by atoms with E-state index < -0.39 is 23.9 Å². The number of benzene rings is 1. The monoisotopic (exact) mass is 610 g/mol. The average Bonchev–Trinajstić information content (AvgIpc) is 3.32. The van der Waals surface area contributed by atoms with Crippen LogP contribution >= 0.6 is 11.8 Å². The number of likely N-dealkylation sites (tertiary alicyclic amines) is 2. The van der Waals surface area contributed by atoms with E-state index in [-0.39, 0.29) is 17.5 Å². The van der Waals surface area contributed by atoms with Crippen molar-refractivity contribution in [3.05, 3.63) is 35.0 Å². The lowest BCUT2D eigenvalue weighted by atomic mass is 10.0. The number of nitrogens with one attached hydrogen (secondary N) is 2. The van der Waals surface area contributed by atoms with Crippen molar-refractivity contribution in [1.82, 2.24) is 30.2 Å². The van der Waals surface area contributed by atoms with Gasteiger partial charge in [0.15, 0.2) is 0 Å². The number of fused-ring (bicyclic) bond motifs is 1. The normalized spacial score (nSPS) is 19.9. The molecule has 3 aliphatic heterocycles. The van der Waals surface area contributed by atoms with Crippen molar-refractivity contribution in [2.75, 3.05) is 51.6 Å². The van der Waals surface area contributed by atoms with Crippen molar-refractivity contribution in [3.8, 4) is 11.3 Å². The van der Waals surface area contributed by atoms with Crippen LogP contribution in [0.1, 0.15) is 48.9 Å². The van der Waals surface area contributed by atoms with Gasteiger partial charge < -0.3 is 30.6 Å². The summed E-state index contributed by atoms with van der Waals surface area (Å²) in [6, 6.07) is 4.26. The summed E-state index contributed by atoms with van der Waals surface area (Å²) < 4.78 is 43.6. The number of hydrogen-bond acceptors (Lipinski definition) is 7. The quantitative estimate of drug-likeness (QED) is 0.301. The van der Waals surface area contributed by atoms with E-state index in [0.717, 1.165) is 56.7 Å². The van der Waals surface area contributed by atoms with Crippen LogP contribution in [0, 0.1) is 0 Å². The van der Waals surface area contributed by atoms with E-state index in [4.69, 9.17) is 10.2 Å². The van der Waals surface area contributed by atoms with Gasteiger partial charge >= 0.3 is 12.3 Å². The van der Waals surface area contributed by atoms with Crippen molar-refractivity contribution in [1.29, 1.82) is 0 Å². The molecule has 4 N–H and O–H groups in total. The Kier molecular flexibility index (Phi) is 10.4. The first kappa shape index (κ1) is 31.1. The van der Waals surface area contributed by atoms with Crippen molar-refractivity contribution >= 4 is 17.9 Å². The molecule has 13 heteroatoms. The second-order valence-corrected chi connectivity index (χ2v) is 12.7. The lowest BCUT2D eigenvalue weighted by Crippen LogP contribution is -2.46. The van der Waals surface area contributed by atoms with Crippen LogP contribution in [-0.4, -0.2) is 99.6 Å². The largest absolute Gasteiger partial charge is 0.465 e. The first-order chi connectivity index (χ1) is 20.2. The van der Waals surface area contributed by atoms with E-state index >= 15 is 0 Å². The molecule has 42 heavy (non-hydrogen) atoms. The van der Waals surface area contributed by atoms with Crippen LogP contribution in [0.15, 0.2) is 23.1 Å². The van der Waals surface area contributed by atoms with Crippen LogP contribution in [-0.2, 0) is 25.7 Å². The van der Waals surface area contributed by atoms with Gasteiger partial charge in [-0.15, -0.1) is 11.8 Å². The summed E-state index contributed by atoms with van der Waals surface area (Å²) in [6.45, 7) is 6.24. The number of hydrogen-bond donors (Lipinski definition) is 4. The minimum Gasteiger partial charge on any atom is -0.465 e. The SMILES string of the molecule is O=C(O)NC1CCN(CC(O)Cn2nc(-c3ccc(C(F)(F)F)c(SCCN4CCCCC4)c3)c3c2CCNC3)CC1. The van der Waals surface area contributed by atoms with Gasteiger partial charge in [-0.2, -0.15) is 18.3 Å². The summed E-state index contributed by atoms with van der Waals surface area (Å²) in [6.07, 6.45) is -0.518. The fourth-order valence-corrected chi connectivity index (χ4v) is 7.40. The maximum Gasteiger partial charge on any atom is 0.417 e. The molecule has 2 aromatic rings. The molecule has 0 spiro atoms. The highest BCUT2D eigenvalue weighted by Crippen LogP contribution is 2.40. The van der Waals surface area contributed by atoms with E-state index in [2.05, 4.69) is 20.4 Å². The molecule has 0 radical (unpaired) electrons. The molecule has 0 bridgehead atoms. The zero-order valence-electron chi connectivity index (χ0n) is 23.8. The van der Waals surface area contributed by atoms with E-state index in [1.165, 1.54) is 30.3 Å². The van der Waals surface area contributed by atoms with Crippen LogP contribution in [0.4, 0.5) is 18.0 Å². The smallest absolute Gasteiger partial charge is 0.417 e. The maximum absolute atomic E-state index is 13.9. The van der Waals surface area contributed by atoms with Crippen molar-refractivity contribution < 1.29 is 28.2 Å². The number of β-amino-alcohol motifs (C(OH)–C–C–N with tert-alkyl or cyclic N) is 1. The average molecular weight is 611 g/mol. The first-order valence-corrected chi connectivity index (χ1v) is 15.9. The number of aliphatic hydroxyl groups is 1. The zero-order chi connectivity index (χ0) is 29.7. The molecule has 4 heterocycles. The third-order valence-corrected chi connectivity index (χ3v) is 9.48. The van der Waals surface area contributed by atoms with Gasteiger partial charge in [0.1, 0.15) is 0 Å². The van der Waals surface area contributed by atoms with E-state index in [0.29, 0.717) is 56.0 Å². The number of carbonyl (C=O) groups is 1. The van der Waals surface area contributed by atoms with Crippen LogP contribution in [0.3, 0.4) is 0 Å². The number of amides is 1. The number of rotatable bonds is 10. The number of thioether (sulfide) groups is 1. The summed E-state index contributed by atoms with van der Waals surface area (Å²) >= 11 is 1.26. The fourth-order valence-electron chi connectivity index (χ4n) is 6.28. The van der Waals surface area contributed by atoms with Crippen LogP contribution in [0.2, 0.25) is 0 Å². The molecule has 1 unspecified atom stereocenters. The highest BCUT2D eigenvalue weighted by atomic mass is 32.2. The molecule has 2 saturated heterocycles. The van der Waals surface area contributed by atoms with E-state index in [1.54, 1.807) is 6.07 Å². The molecule has 1 atom stereocenters. The van der Waals surface area contributed by atoms with Crippen LogP contribution < -0.4 is 10.6 Å². The molecule has 232 valence electrons. The molecule has 5 rings (SSSR count). The number of nitrogens with zero attached hydrogens (tertiary/aromatic N) is 4. The molecular formula is C29H41F3N6O3S. The molecule has 3 aliphatic rings. The summed E-state index contributed by atoms with van der Waals surface area (Å²) in [5.41, 5.74) is 2.68. The Hall–Kier alpha value is -2.32. The van der Waals surface area contributed by atoms with Gasteiger partial charge in [0.25, 0.3) is 0 Å². The maximum atomic E-state index is 13.9.